The van der Waals surface area contributed by atoms with E-state index in [4.69, 9.17) is 0 Å². The highest BCUT2D eigenvalue weighted by molar-refractivity contribution is 5.52. The third-order valence-electron chi connectivity index (χ3n) is 0.629. The molecule has 0 spiro atoms. The Morgan fingerprint density at radius 1 is 1.22 bits per heavy atom. The van der Waals surface area contributed by atoms with Crippen LogP contribution in [-0.2, 0) is 0 Å². The van der Waals surface area contributed by atoms with Crippen molar-refractivity contribution in [1.82, 2.24) is 4.90 Å². The summed E-state index contributed by atoms with van der Waals surface area (Å²) < 4.78 is 0.623. The lowest BCUT2D eigenvalue weighted by Gasteiger charge is -2.15. The number of nitrogens with zero attached hydrogens (tertiary/aromatic N) is 3. The van der Waals surface area contributed by atoms with Gasteiger partial charge in [-0.25, -0.2) is 4.59 Å². The molecule has 0 unspecified atom stereocenters. The normalized spacial score (nSPS) is 12.6. The van der Waals surface area contributed by atoms with Crippen LogP contribution in [0.4, 0.5) is 0 Å². The fraction of sp³-hybridized carbons (Fsp3) is 0.833. The third kappa shape index (κ3) is 7.43. The van der Waals surface area contributed by atoms with Crippen molar-refractivity contribution in [2.75, 3.05) is 35.2 Å². The minimum absolute atomic E-state index is 0.623. The van der Waals surface area contributed by atoms with E-state index >= 15 is 0 Å². The van der Waals surface area contributed by atoms with Gasteiger partial charge in [-0.2, -0.15) is 0 Å². The molecule has 0 heterocycles. The summed E-state index contributed by atoms with van der Waals surface area (Å²) in [6.07, 6.45) is 1.81. The van der Waals surface area contributed by atoms with Crippen molar-refractivity contribution < 1.29 is 4.59 Å². The van der Waals surface area contributed by atoms with Gasteiger partial charge in [0.15, 0.2) is 0 Å². The number of quaternary nitrogens is 1. The Bertz CT molecular complexity index is 99.4. The third-order valence-corrected chi connectivity index (χ3v) is 0.629. The second-order valence-electron chi connectivity index (χ2n) is 3.14. The average Bonchev–Trinajstić information content (AvgIpc) is 1.59. The standard InChI is InChI=1S/C6H16N3/c1-8(2)6-7-9(3,4)5/h6H,1-5H3/q+1/b7-6+. The van der Waals surface area contributed by atoms with Crippen LogP contribution >= 0.6 is 0 Å². The highest BCUT2D eigenvalue weighted by Crippen LogP contribution is 1.87. The Morgan fingerprint density at radius 3 is 1.78 bits per heavy atom. The number of rotatable bonds is 2. The predicted octanol–water partition coefficient (Wildman–Crippen LogP) is 0.197. The molecule has 0 aliphatic rings. The Morgan fingerprint density at radius 2 is 1.67 bits per heavy atom. The fourth-order valence-electron chi connectivity index (χ4n) is 0.258. The first-order valence-corrected chi connectivity index (χ1v) is 2.95. The van der Waals surface area contributed by atoms with Gasteiger partial charge in [-0.1, -0.05) is 5.10 Å². The molecule has 0 aromatic rings. The van der Waals surface area contributed by atoms with Crippen LogP contribution in [-0.4, -0.2) is 51.1 Å². The van der Waals surface area contributed by atoms with E-state index in [1.807, 2.05) is 40.1 Å². The largest absolute Gasteiger partial charge is 0.364 e. The molecule has 3 heteroatoms. The highest BCUT2D eigenvalue weighted by atomic mass is 15.6. The van der Waals surface area contributed by atoms with Gasteiger partial charge < -0.3 is 4.90 Å². The second kappa shape index (κ2) is 2.82. The molecule has 0 aliphatic carbocycles. The van der Waals surface area contributed by atoms with E-state index in [9.17, 15) is 0 Å². The summed E-state index contributed by atoms with van der Waals surface area (Å²) in [4.78, 5) is 1.92. The molecule has 0 bridgehead atoms. The first kappa shape index (κ1) is 8.43. The molecular formula is C6H16N3+. The van der Waals surface area contributed by atoms with Crippen molar-refractivity contribution in [3.63, 3.8) is 0 Å². The molecule has 0 saturated carbocycles. The van der Waals surface area contributed by atoms with E-state index in [1.54, 1.807) is 6.34 Å². The van der Waals surface area contributed by atoms with Gasteiger partial charge in [0.25, 0.3) is 0 Å². The van der Waals surface area contributed by atoms with E-state index in [1.165, 1.54) is 0 Å². The van der Waals surface area contributed by atoms with Gasteiger partial charge in [0.1, 0.15) is 6.34 Å². The van der Waals surface area contributed by atoms with Crippen LogP contribution in [0.3, 0.4) is 0 Å². The predicted molar refractivity (Wildman–Crippen MR) is 40.2 cm³/mol. The summed E-state index contributed by atoms with van der Waals surface area (Å²) >= 11 is 0. The zero-order valence-corrected chi connectivity index (χ0v) is 6.92. The van der Waals surface area contributed by atoms with Gasteiger partial charge in [-0.15, -0.1) is 0 Å². The molecule has 0 aromatic heterocycles. The maximum absolute atomic E-state index is 4.19. The zero-order chi connectivity index (χ0) is 7.49. The van der Waals surface area contributed by atoms with Crippen molar-refractivity contribution >= 4 is 6.34 Å². The second-order valence-corrected chi connectivity index (χ2v) is 3.14. The smallest absolute Gasteiger partial charge is 0.146 e. The molecule has 9 heavy (non-hydrogen) atoms. The van der Waals surface area contributed by atoms with Crippen LogP contribution < -0.4 is 0 Å². The molecule has 0 radical (unpaired) electrons. The maximum atomic E-state index is 4.19. The molecule has 0 saturated heterocycles. The van der Waals surface area contributed by atoms with E-state index in [2.05, 4.69) is 5.10 Å². The van der Waals surface area contributed by atoms with Gasteiger partial charge >= 0.3 is 0 Å². The zero-order valence-electron chi connectivity index (χ0n) is 6.92. The summed E-state index contributed by atoms with van der Waals surface area (Å²) in [5, 5.41) is 4.19. The van der Waals surface area contributed by atoms with E-state index < -0.39 is 0 Å². The van der Waals surface area contributed by atoms with Gasteiger partial charge in [-0.05, 0) is 0 Å². The van der Waals surface area contributed by atoms with E-state index in [-0.39, 0.29) is 0 Å². The Labute approximate surface area is 57.2 Å². The molecule has 0 amide bonds. The molecule has 0 N–H and O–H groups in total. The van der Waals surface area contributed by atoms with Crippen LogP contribution in [0.15, 0.2) is 5.10 Å². The topological polar surface area (TPSA) is 15.6 Å². The quantitative estimate of drug-likeness (QED) is 0.226. The lowest BCUT2D eigenvalue weighted by molar-refractivity contribution is -0.876. The summed E-state index contributed by atoms with van der Waals surface area (Å²) in [6.45, 7) is 0. The number of hydrogen-bond donors (Lipinski definition) is 0. The summed E-state index contributed by atoms with van der Waals surface area (Å²) in [5.74, 6) is 0. The van der Waals surface area contributed by atoms with Gasteiger partial charge in [0.05, 0.1) is 21.1 Å². The molecular weight excluding hydrogens is 114 g/mol. The fourth-order valence-corrected chi connectivity index (χ4v) is 0.258. The van der Waals surface area contributed by atoms with E-state index in [0.717, 1.165) is 0 Å². The molecule has 0 aromatic carbocycles. The van der Waals surface area contributed by atoms with Crippen molar-refractivity contribution in [3.8, 4) is 0 Å². The monoisotopic (exact) mass is 130 g/mol. The summed E-state index contributed by atoms with van der Waals surface area (Å²) in [6, 6.07) is 0. The SMILES string of the molecule is CN(C)/C=N/[N+](C)(C)C. The van der Waals surface area contributed by atoms with Crippen LogP contribution in [0.1, 0.15) is 0 Å². The van der Waals surface area contributed by atoms with Gasteiger partial charge in [0.2, 0.25) is 0 Å². The Kier molecular flexibility index (Phi) is 2.65. The minimum atomic E-state index is 0.623. The van der Waals surface area contributed by atoms with Gasteiger partial charge in [0, 0.05) is 14.1 Å². The van der Waals surface area contributed by atoms with Crippen molar-refractivity contribution in [2.45, 2.75) is 0 Å². The van der Waals surface area contributed by atoms with Crippen molar-refractivity contribution in [3.05, 3.63) is 0 Å². The molecule has 0 rings (SSSR count). The summed E-state index contributed by atoms with van der Waals surface area (Å²) in [5.41, 5.74) is 0. The lowest BCUT2D eigenvalue weighted by Crippen LogP contribution is -2.28. The summed E-state index contributed by atoms with van der Waals surface area (Å²) in [7, 11) is 9.96. The maximum Gasteiger partial charge on any atom is 0.146 e. The van der Waals surface area contributed by atoms with E-state index in [0.29, 0.717) is 4.59 Å². The van der Waals surface area contributed by atoms with Crippen LogP contribution in [0.25, 0.3) is 0 Å². The first-order valence-electron chi connectivity index (χ1n) is 2.95. The molecule has 54 valence electrons. The first-order chi connectivity index (χ1) is 3.92. The van der Waals surface area contributed by atoms with Crippen LogP contribution in [0, 0.1) is 0 Å². The molecule has 0 fully saturated rings. The number of hydrogen-bond acceptors (Lipinski definition) is 1. The average molecular weight is 130 g/mol. The van der Waals surface area contributed by atoms with Crippen LogP contribution in [0.5, 0.6) is 0 Å². The van der Waals surface area contributed by atoms with Crippen LogP contribution in [0.2, 0.25) is 0 Å². The molecule has 3 nitrogen and oxygen atoms in total. The molecule has 0 atom stereocenters. The minimum Gasteiger partial charge on any atom is -0.364 e. The van der Waals surface area contributed by atoms with Gasteiger partial charge in [-0.3, -0.25) is 0 Å². The Hall–Kier alpha value is -0.570. The van der Waals surface area contributed by atoms with Crippen molar-refractivity contribution in [1.29, 1.82) is 0 Å². The Balaban J connectivity index is 3.71. The lowest BCUT2D eigenvalue weighted by atomic mass is 10.9. The van der Waals surface area contributed by atoms with Crippen molar-refractivity contribution in [2.24, 2.45) is 5.10 Å². The highest BCUT2D eigenvalue weighted by Gasteiger charge is 2.00. The molecule has 0 aliphatic heterocycles.